The van der Waals surface area contributed by atoms with Gasteiger partial charge >= 0.3 is 6.03 Å². The van der Waals surface area contributed by atoms with Gasteiger partial charge < -0.3 is 5.32 Å². The number of benzene rings is 1. The summed E-state index contributed by atoms with van der Waals surface area (Å²) in [6, 6.07) is 8.23. The van der Waals surface area contributed by atoms with E-state index in [1.54, 1.807) is 16.2 Å². The van der Waals surface area contributed by atoms with Crippen molar-refractivity contribution in [2.24, 2.45) is 0 Å². The summed E-state index contributed by atoms with van der Waals surface area (Å²) >= 11 is 1.72. The Labute approximate surface area is 91.3 Å². The lowest BCUT2D eigenvalue weighted by molar-refractivity contribution is 0.252. The summed E-state index contributed by atoms with van der Waals surface area (Å²) in [5, 5.41) is 6.07. The summed E-state index contributed by atoms with van der Waals surface area (Å²) in [5.41, 5.74) is 0.982. The van der Waals surface area contributed by atoms with Gasteiger partial charge in [-0.05, 0) is 35.0 Å². The molecule has 0 bridgehead atoms. The fourth-order valence-electron chi connectivity index (χ4n) is 1.84. The second kappa shape index (κ2) is 3.24. The molecule has 2 amide bonds. The Bertz CT molecular complexity index is 520. The number of carbonyl (C=O) groups excluding carboxylic acids is 1. The first-order valence-corrected chi connectivity index (χ1v) is 5.75. The van der Waals surface area contributed by atoms with Crippen LogP contribution in [0.3, 0.4) is 0 Å². The number of hydrogen-bond donors (Lipinski definition) is 1. The maximum Gasteiger partial charge on any atom is 0.321 e. The Hall–Kier alpha value is -1.55. The van der Waals surface area contributed by atoms with Crippen LogP contribution in [0.4, 0.5) is 10.5 Å². The summed E-state index contributed by atoms with van der Waals surface area (Å²) in [6.45, 7) is 1.50. The summed E-state index contributed by atoms with van der Waals surface area (Å²) in [4.78, 5) is 13.2. The lowest BCUT2D eigenvalue weighted by Gasteiger charge is -2.13. The van der Waals surface area contributed by atoms with Crippen LogP contribution < -0.4 is 10.2 Å². The van der Waals surface area contributed by atoms with Crippen molar-refractivity contribution in [2.75, 3.05) is 18.0 Å². The Kier molecular flexibility index (Phi) is 1.89. The largest absolute Gasteiger partial charge is 0.336 e. The molecule has 4 heteroatoms. The molecule has 1 saturated heterocycles. The maximum atomic E-state index is 11.5. The monoisotopic (exact) mass is 218 g/mol. The van der Waals surface area contributed by atoms with Crippen molar-refractivity contribution in [3.63, 3.8) is 0 Å². The highest BCUT2D eigenvalue weighted by Crippen LogP contribution is 2.26. The Morgan fingerprint density at radius 3 is 3.07 bits per heavy atom. The number of nitrogens with zero attached hydrogens (tertiary/aromatic N) is 1. The molecule has 3 nitrogen and oxygen atoms in total. The molecule has 1 aromatic heterocycles. The molecule has 0 atom stereocenters. The second-order valence-corrected chi connectivity index (χ2v) is 4.47. The highest BCUT2D eigenvalue weighted by molar-refractivity contribution is 7.17. The van der Waals surface area contributed by atoms with Crippen molar-refractivity contribution in [1.82, 2.24) is 5.32 Å². The molecule has 76 valence electrons. The number of urea groups is 1. The zero-order valence-electron chi connectivity index (χ0n) is 8.06. The molecule has 0 radical (unpaired) electrons. The summed E-state index contributed by atoms with van der Waals surface area (Å²) < 4.78 is 1.26. The molecule has 3 rings (SSSR count). The van der Waals surface area contributed by atoms with Crippen LogP contribution in [0, 0.1) is 0 Å². The maximum absolute atomic E-state index is 11.5. The molecule has 1 aliphatic heterocycles. The highest BCUT2D eigenvalue weighted by Gasteiger charge is 2.20. The van der Waals surface area contributed by atoms with Crippen LogP contribution in [0.25, 0.3) is 10.1 Å². The number of fused-ring (bicyclic) bond motifs is 1. The van der Waals surface area contributed by atoms with Gasteiger partial charge in [0.15, 0.2) is 0 Å². The molecule has 0 spiro atoms. The minimum Gasteiger partial charge on any atom is -0.336 e. The van der Waals surface area contributed by atoms with Crippen LogP contribution in [0.5, 0.6) is 0 Å². The van der Waals surface area contributed by atoms with Gasteiger partial charge in [0.05, 0.1) is 0 Å². The van der Waals surface area contributed by atoms with E-state index in [4.69, 9.17) is 0 Å². The molecule has 15 heavy (non-hydrogen) atoms. The summed E-state index contributed by atoms with van der Waals surface area (Å²) in [7, 11) is 0. The van der Waals surface area contributed by atoms with E-state index in [1.165, 1.54) is 10.1 Å². The van der Waals surface area contributed by atoms with Crippen molar-refractivity contribution in [1.29, 1.82) is 0 Å². The van der Waals surface area contributed by atoms with Gasteiger partial charge in [0.1, 0.15) is 0 Å². The first kappa shape index (κ1) is 8.73. The van der Waals surface area contributed by atoms with Crippen molar-refractivity contribution >= 4 is 33.1 Å². The number of hydrogen-bond acceptors (Lipinski definition) is 2. The minimum absolute atomic E-state index is 0.00424. The summed E-state index contributed by atoms with van der Waals surface area (Å²) in [5.74, 6) is 0. The van der Waals surface area contributed by atoms with E-state index in [2.05, 4.69) is 28.9 Å². The third kappa shape index (κ3) is 1.37. The van der Waals surface area contributed by atoms with E-state index in [1.807, 2.05) is 6.07 Å². The average molecular weight is 218 g/mol. The van der Waals surface area contributed by atoms with Crippen LogP contribution in [0.2, 0.25) is 0 Å². The van der Waals surface area contributed by atoms with Gasteiger partial charge in [0.25, 0.3) is 0 Å². The van der Waals surface area contributed by atoms with Gasteiger partial charge in [0.2, 0.25) is 0 Å². The Morgan fingerprint density at radius 1 is 1.33 bits per heavy atom. The van der Waals surface area contributed by atoms with E-state index >= 15 is 0 Å². The number of amides is 2. The van der Waals surface area contributed by atoms with E-state index in [-0.39, 0.29) is 6.03 Å². The average Bonchev–Trinajstić information content (AvgIpc) is 2.84. The number of thiophene rings is 1. The van der Waals surface area contributed by atoms with Gasteiger partial charge in [-0.1, -0.05) is 0 Å². The third-order valence-corrected chi connectivity index (χ3v) is 3.50. The smallest absolute Gasteiger partial charge is 0.321 e. The Morgan fingerprint density at radius 2 is 2.27 bits per heavy atom. The number of rotatable bonds is 1. The van der Waals surface area contributed by atoms with Crippen molar-refractivity contribution in [3.05, 3.63) is 29.6 Å². The number of nitrogens with one attached hydrogen (secondary N) is 1. The quantitative estimate of drug-likeness (QED) is 0.783. The van der Waals surface area contributed by atoms with Gasteiger partial charge in [-0.15, -0.1) is 11.3 Å². The zero-order valence-corrected chi connectivity index (χ0v) is 8.88. The van der Waals surface area contributed by atoms with E-state index in [0.29, 0.717) is 0 Å². The van der Waals surface area contributed by atoms with Crippen LogP contribution >= 0.6 is 11.3 Å². The van der Waals surface area contributed by atoms with Gasteiger partial charge in [-0.2, -0.15) is 0 Å². The number of carbonyl (C=O) groups is 1. The van der Waals surface area contributed by atoms with E-state index in [9.17, 15) is 4.79 Å². The van der Waals surface area contributed by atoms with E-state index in [0.717, 1.165) is 18.8 Å². The predicted molar refractivity (Wildman–Crippen MR) is 62.6 cm³/mol. The van der Waals surface area contributed by atoms with Crippen LogP contribution in [0.1, 0.15) is 0 Å². The van der Waals surface area contributed by atoms with Crippen molar-refractivity contribution in [3.8, 4) is 0 Å². The topological polar surface area (TPSA) is 32.3 Å². The molecule has 1 aromatic carbocycles. The summed E-state index contributed by atoms with van der Waals surface area (Å²) in [6.07, 6.45) is 0. The SMILES string of the molecule is O=C1NCCN1c1ccc2sccc2c1. The van der Waals surface area contributed by atoms with Crippen LogP contribution in [-0.4, -0.2) is 19.1 Å². The molecule has 0 saturated carbocycles. The van der Waals surface area contributed by atoms with Crippen LogP contribution in [0.15, 0.2) is 29.6 Å². The molecule has 1 aliphatic rings. The molecule has 0 unspecified atom stereocenters. The van der Waals surface area contributed by atoms with Crippen molar-refractivity contribution in [2.45, 2.75) is 0 Å². The first-order valence-electron chi connectivity index (χ1n) is 4.87. The molecule has 2 heterocycles. The second-order valence-electron chi connectivity index (χ2n) is 3.53. The standard InChI is InChI=1S/C11H10N2OS/c14-11-12-4-5-13(11)9-1-2-10-8(7-9)3-6-15-10/h1-3,6-7H,4-5H2,(H,12,14). The minimum atomic E-state index is 0.00424. The molecular weight excluding hydrogens is 208 g/mol. The van der Waals surface area contributed by atoms with Gasteiger partial charge in [-0.3, -0.25) is 4.90 Å². The fourth-order valence-corrected chi connectivity index (χ4v) is 2.61. The Balaban J connectivity index is 2.06. The van der Waals surface area contributed by atoms with E-state index < -0.39 is 0 Å². The zero-order chi connectivity index (χ0) is 10.3. The first-order chi connectivity index (χ1) is 7.34. The molecule has 1 fully saturated rings. The third-order valence-electron chi connectivity index (χ3n) is 2.60. The number of anilines is 1. The molecular formula is C11H10N2OS. The van der Waals surface area contributed by atoms with Crippen LogP contribution in [-0.2, 0) is 0 Å². The lowest BCUT2D eigenvalue weighted by Crippen LogP contribution is -2.27. The molecule has 2 aromatic rings. The highest BCUT2D eigenvalue weighted by atomic mass is 32.1. The molecule has 0 aliphatic carbocycles. The van der Waals surface area contributed by atoms with Gasteiger partial charge in [0, 0.05) is 23.5 Å². The predicted octanol–water partition coefficient (Wildman–Crippen LogP) is 2.43. The van der Waals surface area contributed by atoms with Gasteiger partial charge in [-0.25, -0.2) is 4.79 Å². The fraction of sp³-hybridized carbons (Fsp3) is 0.182. The molecule has 1 N–H and O–H groups in total. The lowest BCUT2D eigenvalue weighted by atomic mass is 10.2. The normalized spacial score (nSPS) is 16.0. The van der Waals surface area contributed by atoms with Crippen molar-refractivity contribution < 1.29 is 4.79 Å².